The highest BCUT2D eigenvalue weighted by molar-refractivity contribution is 5.89. The van der Waals surface area contributed by atoms with Crippen LogP contribution in [0.2, 0.25) is 0 Å². The van der Waals surface area contributed by atoms with Crippen molar-refractivity contribution in [3.63, 3.8) is 0 Å². The van der Waals surface area contributed by atoms with Crippen LogP contribution in [-0.4, -0.2) is 29.0 Å². The van der Waals surface area contributed by atoms with Crippen LogP contribution < -0.4 is 10.8 Å². The fourth-order valence-corrected chi connectivity index (χ4v) is 2.56. The Morgan fingerprint density at radius 2 is 1.86 bits per heavy atom. The summed E-state index contributed by atoms with van der Waals surface area (Å²) in [5.41, 5.74) is 3.73. The molecule has 28 heavy (non-hydrogen) atoms. The number of carboxylic acids is 1. The highest BCUT2D eigenvalue weighted by atomic mass is 19.1. The summed E-state index contributed by atoms with van der Waals surface area (Å²) in [7, 11) is 0. The van der Waals surface area contributed by atoms with Crippen molar-refractivity contribution in [3.05, 3.63) is 65.0 Å². The second-order valence-corrected chi connectivity index (χ2v) is 6.23. The molecule has 148 valence electrons. The van der Waals surface area contributed by atoms with Crippen LogP contribution in [0.3, 0.4) is 0 Å². The monoisotopic (exact) mass is 388 g/mol. The van der Waals surface area contributed by atoms with Crippen molar-refractivity contribution in [2.45, 2.75) is 32.7 Å². The molecule has 1 amide bonds. The summed E-state index contributed by atoms with van der Waals surface area (Å²) in [5.74, 6) is -2.76. The number of aryl methyl sites for hydroxylation is 1. The number of halogens is 1. The van der Waals surface area contributed by atoms with E-state index in [2.05, 4.69) is 10.8 Å². The maximum absolute atomic E-state index is 14.1. The molecular formula is C20H21FN2O5. The predicted molar refractivity (Wildman–Crippen MR) is 100 cm³/mol. The Balaban J connectivity index is 2.03. The van der Waals surface area contributed by atoms with Gasteiger partial charge >= 0.3 is 11.9 Å². The van der Waals surface area contributed by atoms with Crippen molar-refractivity contribution >= 4 is 23.5 Å². The van der Waals surface area contributed by atoms with Crippen molar-refractivity contribution in [2.75, 3.05) is 5.32 Å². The number of hydrogen-bond acceptors (Lipinski definition) is 5. The molecule has 7 nitrogen and oxygen atoms in total. The van der Waals surface area contributed by atoms with E-state index in [1.54, 1.807) is 43.3 Å². The summed E-state index contributed by atoms with van der Waals surface area (Å²) < 4.78 is 14.1. The molecule has 0 radical (unpaired) electrons. The Kier molecular flexibility index (Phi) is 7.22. The van der Waals surface area contributed by atoms with Gasteiger partial charge in [-0.1, -0.05) is 18.2 Å². The van der Waals surface area contributed by atoms with E-state index in [1.807, 2.05) is 0 Å². The lowest BCUT2D eigenvalue weighted by Crippen LogP contribution is -2.38. The molecule has 0 spiro atoms. The summed E-state index contributed by atoms with van der Waals surface area (Å²) >= 11 is 0. The third-order valence-corrected chi connectivity index (χ3v) is 4.08. The number of aliphatic carboxylic acids is 1. The average Bonchev–Trinajstić information content (AvgIpc) is 2.65. The lowest BCUT2D eigenvalue weighted by Gasteiger charge is -2.16. The van der Waals surface area contributed by atoms with Crippen molar-refractivity contribution in [3.8, 4) is 0 Å². The Morgan fingerprint density at radius 3 is 2.46 bits per heavy atom. The fraction of sp³-hybridized carbons (Fsp3) is 0.250. The summed E-state index contributed by atoms with van der Waals surface area (Å²) in [6, 6.07) is 9.75. The van der Waals surface area contributed by atoms with Crippen LogP contribution in [0.5, 0.6) is 0 Å². The second-order valence-electron chi connectivity index (χ2n) is 6.23. The Hall–Kier alpha value is -3.26. The van der Waals surface area contributed by atoms with E-state index in [1.165, 1.54) is 13.0 Å². The first kappa shape index (κ1) is 21.0. The highest BCUT2D eigenvalue weighted by Crippen LogP contribution is 2.21. The first-order valence-corrected chi connectivity index (χ1v) is 8.59. The number of amides is 1. The number of hydroxylamine groups is 1. The molecule has 2 aromatic carbocycles. The molecule has 2 rings (SSSR count). The summed E-state index contributed by atoms with van der Waals surface area (Å²) in [5, 5.41) is 11.8. The number of benzene rings is 2. The summed E-state index contributed by atoms with van der Waals surface area (Å²) in [4.78, 5) is 39.4. The van der Waals surface area contributed by atoms with Crippen LogP contribution in [0.15, 0.2) is 42.5 Å². The van der Waals surface area contributed by atoms with Gasteiger partial charge in [0.05, 0.1) is 5.56 Å². The lowest BCUT2D eigenvalue weighted by atomic mass is 10.00. The first-order valence-electron chi connectivity index (χ1n) is 8.59. The third kappa shape index (κ3) is 5.88. The molecule has 0 bridgehead atoms. The van der Waals surface area contributed by atoms with Gasteiger partial charge in [0.25, 0.3) is 0 Å². The Morgan fingerprint density at radius 1 is 1.18 bits per heavy atom. The molecule has 8 heteroatoms. The lowest BCUT2D eigenvalue weighted by molar-refractivity contribution is -0.142. The molecule has 0 aliphatic heterocycles. The molecule has 0 aliphatic rings. The first-order chi connectivity index (χ1) is 13.3. The van der Waals surface area contributed by atoms with Gasteiger partial charge in [-0.05, 0) is 55.2 Å². The van der Waals surface area contributed by atoms with Crippen LogP contribution in [0.1, 0.15) is 34.8 Å². The largest absolute Gasteiger partial charge is 0.480 e. The van der Waals surface area contributed by atoms with E-state index in [4.69, 9.17) is 4.84 Å². The number of hydrogen-bond donors (Lipinski definition) is 3. The van der Waals surface area contributed by atoms with Gasteiger partial charge in [0.1, 0.15) is 11.9 Å². The average molecular weight is 388 g/mol. The SMILES string of the molecule is CC(=O)Nc1cc(F)c(C)c(CC[C@H](NOC(=O)c2ccccc2)C(=O)O)c1. The maximum Gasteiger partial charge on any atom is 0.356 e. The molecule has 0 aliphatic carbocycles. The Bertz CT molecular complexity index is 870. The molecule has 1 atom stereocenters. The minimum atomic E-state index is -1.21. The fourth-order valence-electron chi connectivity index (χ4n) is 2.56. The standard InChI is InChI=1S/C20H21FN2O5/c1-12-15(10-16(11-17(12)21)22-13(2)24)8-9-18(19(25)26)23-28-20(27)14-6-4-3-5-7-14/h3-7,10-11,18,23H,8-9H2,1-2H3,(H,22,24)(H,25,26)/t18-/m0/s1. The van der Waals surface area contributed by atoms with Crippen molar-refractivity contribution in [2.24, 2.45) is 0 Å². The van der Waals surface area contributed by atoms with Crippen LogP contribution in [0.25, 0.3) is 0 Å². The zero-order valence-electron chi connectivity index (χ0n) is 15.5. The van der Waals surface area contributed by atoms with Gasteiger partial charge in [0, 0.05) is 12.6 Å². The molecular weight excluding hydrogens is 367 g/mol. The Labute approximate surface area is 161 Å². The van der Waals surface area contributed by atoms with Crippen molar-refractivity contribution in [1.82, 2.24) is 5.48 Å². The van der Waals surface area contributed by atoms with E-state index in [0.717, 1.165) is 0 Å². The van der Waals surface area contributed by atoms with Crippen LogP contribution >= 0.6 is 0 Å². The van der Waals surface area contributed by atoms with E-state index in [9.17, 15) is 23.9 Å². The van der Waals surface area contributed by atoms with Crippen molar-refractivity contribution in [1.29, 1.82) is 0 Å². The van der Waals surface area contributed by atoms with Gasteiger partial charge < -0.3 is 15.3 Å². The van der Waals surface area contributed by atoms with Gasteiger partial charge in [-0.25, -0.2) is 9.18 Å². The normalized spacial score (nSPS) is 11.5. The number of anilines is 1. The molecule has 0 unspecified atom stereocenters. The van der Waals surface area contributed by atoms with E-state index in [0.29, 0.717) is 16.8 Å². The van der Waals surface area contributed by atoms with Gasteiger partial charge in [-0.2, -0.15) is 0 Å². The van der Waals surface area contributed by atoms with Crippen LogP contribution in [0.4, 0.5) is 10.1 Å². The molecule has 0 saturated carbocycles. The van der Waals surface area contributed by atoms with E-state index >= 15 is 0 Å². The topological polar surface area (TPSA) is 105 Å². The molecule has 0 saturated heterocycles. The zero-order chi connectivity index (χ0) is 20.7. The molecule has 3 N–H and O–H groups in total. The number of nitrogens with one attached hydrogen (secondary N) is 2. The predicted octanol–water partition coefficient (Wildman–Crippen LogP) is 2.84. The van der Waals surface area contributed by atoms with E-state index < -0.39 is 23.8 Å². The van der Waals surface area contributed by atoms with Gasteiger partial charge in [0.2, 0.25) is 5.91 Å². The molecule has 2 aromatic rings. The van der Waals surface area contributed by atoms with Gasteiger partial charge in [-0.15, -0.1) is 5.48 Å². The number of rotatable bonds is 8. The third-order valence-electron chi connectivity index (χ3n) is 4.08. The van der Waals surface area contributed by atoms with E-state index in [-0.39, 0.29) is 24.3 Å². The summed E-state index contributed by atoms with van der Waals surface area (Å²) in [6.45, 7) is 2.88. The van der Waals surface area contributed by atoms with Gasteiger partial charge in [0.15, 0.2) is 0 Å². The number of carbonyl (C=O) groups is 3. The number of carboxylic acid groups (broad SMARTS) is 1. The molecule has 0 heterocycles. The zero-order valence-corrected chi connectivity index (χ0v) is 15.5. The van der Waals surface area contributed by atoms with Gasteiger partial charge in [-0.3, -0.25) is 9.59 Å². The second kappa shape index (κ2) is 9.61. The van der Waals surface area contributed by atoms with Crippen LogP contribution in [0, 0.1) is 12.7 Å². The minimum Gasteiger partial charge on any atom is -0.480 e. The smallest absolute Gasteiger partial charge is 0.356 e. The molecule has 0 aromatic heterocycles. The summed E-state index contributed by atoms with van der Waals surface area (Å²) in [6.07, 6.45) is 0.240. The quantitative estimate of drug-likeness (QED) is 0.601. The van der Waals surface area contributed by atoms with Crippen molar-refractivity contribution < 1.29 is 28.7 Å². The minimum absolute atomic E-state index is 0.0429. The molecule has 0 fully saturated rings. The van der Waals surface area contributed by atoms with Crippen LogP contribution in [-0.2, 0) is 20.8 Å². The highest BCUT2D eigenvalue weighted by Gasteiger charge is 2.21. The number of carbonyl (C=O) groups excluding carboxylic acids is 2. The maximum atomic E-state index is 14.1.